The zero-order chi connectivity index (χ0) is 22.7. The maximum atomic E-state index is 11.8. The Kier molecular flexibility index (Phi) is 10.5. The van der Waals surface area contributed by atoms with E-state index >= 15 is 0 Å². The van der Waals surface area contributed by atoms with Gasteiger partial charge in [-0.3, -0.25) is 9.97 Å². The van der Waals surface area contributed by atoms with Gasteiger partial charge in [-0.1, -0.05) is 96.4 Å². The molecule has 1 N–H and O–H groups in total. The number of unbranched alkanes of at least 4 members (excludes halogenated alkanes) is 7. The van der Waals surface area contributed by atoms with Gasteiger partial charge in [0.2, 0.25) is 0 Å². The van der Waals surface area contributed by atoms with Crippen LogP contribution < -0.4 is 0 Å². The molecule has 31 heavy (non-hydrogen) atoms. The largest absolute Gasteiger partial charge is 0.480 e. The third-order valence-electron chi connectivity index (χ3n) is 6.20. The minimum absolute atomic E-state index is 0.187. The van der Waals surface area contributed by atoms with Gasteiger partial charge in [0, 0.05) is 11.8 Å². The fourth-order valence-electron chi connectivity index (χ4n) is 3.86. The Morgan fingerprint density at radius 1 is 0.968 bits per heavy atom. The second-order valence-corrected chi connectivity index (χ2v) is 9.12. The summed E-state index contributed by atoms with van der Waals surface area (Å²) in [5.74, 6) is -1.20. The van der Waals surface area contributed by atoms with Crippen molar-refractivity contribution in [1.82, 2.24) is 9.97 Å². The van der Waals surface area contributed by atoms with Crippen molar-refractivity contribution in [3.05, 3.63) is 47.9 Å². The van der Waals surface area contributed by atoms with E-state index in [0.717, 1.165) is 29.8 Å². The van der Waals surface area contributed by atoms with Gasteiger partial charge in [0.1, 0.15) is 0 Å². The minimum Gasteiger partial charge on any atom is -0.480 e. The van der Waals surface area contributed by atoms with Crippen molar-refractivity contribution < 1.29 is 9.90 Å². The fourth-order valence-corrected chi connectivity index (χ4v) is 4.14. The van der Waals surface area contributed by atoms with E-state index in [0.29, 0.717) is 12.0 Å². The van der Waals surface area contributed by atoms with Gasteiger partial charge in [0.05, 0.1) is 17.6 Å². The van der Waals surface area contributed by atoms with Crippen LogP contribution in [0.1, 0.15) is 89.8 Å². The molecule has 2 aromatic rings. The van der Waals surface area contributed by atoms with E-state index in [1.54, 1.807) is 18.3 Å². The van der Waals surface area contributed by atoms with Gasteiger partial charge in [-0.2, -0.15) is 0 Å². The molecule has 0 aliphatic heterocycles. The summed E-state index contributed by atoms with van der Waals surface area (Å²) in [4.78, 5) is 19.6. The number of aryl methyl sites for hydroxylation is 1. The smallest absolute Gasteiger partial charge is 0.329 e. The molecular formula is C26H37ClN2O2. The number of halogens is 1. The van der Waals surface area contributed by atoms with E-state index in [2.05, 4.69) is 16.9 Å². The Bertz CT molecular complexity index is 792. The lowest BCUT2D eigenvalue weighted by Crippen LogP contribution is -2.36. The number of hydrogen-bond acceptors (Lipinski definition) is 3. The number of alkyl halides is 1. The van der Waals surface area contributed by atoms with Crippen LogP contribution in [0.4, 0.5) is 0 Å². The molecule has 0 amide bonds. The Balaban J connectivity index is 1.91. The van der Waals surface area contributed by atoms with Crippen LogP contribution in [0, 0.1) is 5.92 Å². The van der Waals surface area contributed by atoms with E-state index in [9.17, 15) is 9.90 Å². The summed E-state index contributed by atoms with van der Waals surface area (Å²) in [5.41, 5.74) is 3.31. The zero-order valence-corrected chi connectivity index (χ0v) is 20.0. The van der Waals surface area contributed by atoms with Gasteiger partial charge >= 0.3 is 5.97 Å². The number of aromatic nitrogens is 2. The predicted octanol–water partition coefficient (Wildman–Crippen LogP) is 7.39. The highest BCUT2D eigenvalue weighted by atomic mass is 35.5. The molecule has 0 spiro atoms. The molecule has 0 bridgehead atoms. The molecule has 4 nitrogen and oxygen atoms in total. The van der Waals surface area contributed by atoms with Crippen molar-refractivity contribution in [1.29, 1.82) is 0 Å². The van der Waals surface area contributed by atoms with Crippen molar-refractivity contribution in [3.8, 4) is 11.3 Å². The molecule has 170 valence electrons. The van der Waals surface area contributed by atoms with E-state index in [4.69, 9.17) is 11.6 Å². The average Bonchev–Trinajstić information content (AvgIpc) is 2.80. The number of nitrogens with zero attached hydrogens (tertiary/aromatic N) is 2. The maximum Gasteiger partial charge on any atom is 0.329 e. The molecule has 0 aliphatic rings. The predicted molar refractivity (Wildman–Crippen MR) is 128 cm³/mol. The second-order valence-electron chi connectivity index (χ2n) is 8.52. The first-order valence-corrected chi connectivity index (χ1v) is 12.1. The lowest BCUT2D eigenvalue weighted by Gasteiger charge is -2.29. The first-order valence-electron chi connectivity index (χ1n) is 11.8. The summed E-state index contributed by atoms with van der Waals surface area (Å²) < 4.78 is 0. The van der Waals surface area contributed by atoms with Crippen LogP contribution >= 0.6 is 11.6 Å². The summed E-state index contributed by atoms with van der Waals surface area (Å²) in [7, 11) is 0. The normalized spacial score (nSPS) is 14.2. The molecule has 2 atom stereocenters. The third-order valence-corrected chi connectivity index (χ3v) is 6.95. The summed E-state index contributed by atoms with van der Waals surface area (Å²) in [5, 5.41) is 9.70. The van der Waals surface area contributed by atoms with Crippen molar-refractivity contribution in [3.63, 3.8) is 0 Å². The molecule has 1 aromatic heterocycles. The van der Waals surface area contributed by atoms with Crippen molar-refractivity contribution >= 4 is 17.6 Å². The number of carboxylic acid groups (broad SMARTS) is 1. The fraction of sp³-hybridized carbons (Fsp3) is 0.577. The van der Waals surface area contributed by atoms with Crippen LogP contribution in [-0.2, 0) is 16.1 Å². The standard InChI is InChI=1S/C26H37ClN2O2/c1-4-6-7-8-9-10-11-12-13-23-18-29-24(19-28-23)21-14-16-22(17-15-21)26(27,25(30)31)20(3)5-2/h14-20H,4-13H2,1-3H3,(H,30,31). The number of carboxylic acids is 1. The van der Waals surface area contributed by atoms with Crippen LogP contribution in [0.2, 0.25) is 0 Å². The summed E-state index contributed by atoms with van der Waals surface area (Å²) in [6, 6.07) is 7.33. The molecule has 0 saturated carbocycles. The molecule has 0 aliphatic carbocycles. The van der Waals surface area contributed by atoms with Gasteiger partial charge < -0.3 is 5.11 Å². The number of hydrogen-bond donors (Lipinski definition) is 1. The maximum absolute atomic E-state index is 11.8. The van der Waals surface area contributed by atoms with Gasteiger partial charge in [-0.25, -0.2) is 4.79 Å². The van der Waals surface area contributed by atoms with Gasteiger partial charge in [0.25, 0.3) is 0 Å². The first kappa shape index (κ1) is 25.3. The highest BCUT2D eigenvalue weighted by molar-refractivity contribution is 6.33. The summed E-state index contributed by atoms with van der Waals surface area (Å²) >= 11 is 6.54. The van der Waals surface area contributed by atoms with E-state index in [-0.39, 0.29) is 5.92 Å². The minimum atomic E-state index is -1.42. The average molecular weight is 445 g/mol. The van der Waals surface area contributed by atoms with Crippen LogP contribution in [0.15, 0.2) is 36.7 Å². The second kappa shape index (κ2) is 12.8. The van der Waals surface area contributed by atoms with Crippen LogP contribution in [-0.4, -0.2) is 21.0 Å². The first-order chi connectivity index (χ1) is 14.9. The molecule has 2 unspecified atom stereocenters. The molecule has 1 heterocycles. The van der Waals surface area contributed by atoms with Crippen LogP contribution in [0.3, 0.4) is 0 Å². The number of rotatable bonds is 14. The van der Waals surface area contributed by atoms with Crippen molar-refractivity contribution in [2.45, 2.75) is 89.9 Å². The highest BCUT2D eigenvalue weighted by Gasteiger charge is 2.42. The molecule has 0 saturated heterocycles. The number of aliphatic carboxylic acids is 1. The SMILES string of the molecule is CCCCCCCCCCc1cnc(-c2ccc(C(Cl)(C(=O)O)C(C)CC)cc2)cn1. The topological polar surface area (TPSA) is 63.1 Å². The van der Waals surface area contributed by atoms with Crippen LogP contribution in [0.25, 0.3) is 11.3 Å². The van der Waals surface area contributed by atoms with Gasteiger partial charge in [-0.15, -0.1) is 11.6 Å². The van der Waals surface area contributed by atoms with Crippen LogP contribution in [0.5, 0.6) is 0 Å². The molecule has 5 heteroatoms. The monoisotopic (exact) mass is 444 g/mol. The molecule has 2 rings (SSSR count). The Morgan fingerprint density at radius 3 is 2.10 bits per heavy atom. The quantitative estimate of drug-likeness (QED) is 0.243. The van der Waals surface area contributed by atoms with E-state index in [1.807, 2.05) is 32.2 Å². The van der Waals surface area contributed by atoms with E-state index < -0.39 is 10.8 Å². The highest BCUT2D eigenvalue weighted by Crippen LogP contribution is 2.39. The summed E-state index contributed by atoms with van der Waals surface area (Å²) in [6.45, 7) is 6.06. The van der Waals surface area contributed by atoms with Crippen molar-refractivity contribution in [2.24, 2.45) is 5.92 Å². The molecule has 0 radical (unpaired) electrons. The Labute approximate surface area is 192 Å². The molecular weight excluding hydrogens is 408 g/mol. The third kappa shape index (κ3) is 7.03. The molecule has 1 aromatic carbocycles. The van der Waals surface area contributed by atoms with Gasteiger partial charge in [-0.05, 0) is 24.3 Å². The lowest BCUT2D eigenvalue weighted by molar-refractivity contribution is -0.142. The zero-order valence-electron chi connectivity index (χ0n) is 19.2. The Morgan fingerprint density at radius 2 is 1.58 bits per heavy atom. The number of carbonyl (C=O) groups is 1. The van der Waals surface area contributed by atoms with Crippen molar-refractivity contribution in [2.75, 3.05) is 0 Å². The summed E-state index contributed by atoms with van der Waals surface area (Å²) in [6.07, 6.45) is 15.7. The lowest BCUT2D eigenvalue weighted by atomic mass is 9.84. The molecule has 0 fully saturated rings. The number of benzene rings is 1. The Hall–Kier alpha value is -1.94. The van der Waals surface area contributed by atoms with Gasteiger partial charge in [0.15, 0.2) is 4.87 Å². The van der Waals surface area contributed by atoms with E-state index in [1.165, 1.54) is 44.9 Å².